The topological polar surface area (TPSA) is 73.2 Å². The molecule has 1 aromatic heterocycles. The summed E-state index contributed by atoms with van der Waals surface area (Å²) >= 11 is 5.83. The van der Waals surface area contributed by atoms with Gasteiger partial charge in [-0.3, -0.25) is 4.79 Å². The van der Waals surface area contributed by atoms with Crippen molar-refractivity contribution >= 4 is 29.2 Å². The highest BCUT2D eigenvalue weighted by atomic mass is 35.5. The van der Waals surface area contributed by atoms with Gasteiger partial charge in [-0.25, -0.2) is 13.9 Å². The summed E-state index contributed by atoms with van der Waals surface area (Å²) < 4.78 is 19.7. The first-order chi connectivity index (χ1) is 12.9. The number of carbonyl (C=O) groups excluding carboxylic acids is 2. The Hall–Kier alpha value is -3.19. The zero-order valence-corrected chi connectivity index (χ0v) is 15.0. The van der Waals surface area contributed by atoms with Crippen molar-refractivity contribution in [3.63, 3.8) is 0 Å². The van der Waals surface area contributed by atoms with E-state index in [9.17, 15) is 14.0 Å². The molecular formula is C19H15ClFN3O3. The minimum Gasteiger partial charge on any atom is -0.452 e. The first-order valence-corrected chi connectivity index (χ1v) is 8.35. The minimum absolute atomic E-state index is 0.0548. The van der Waals surface area contributed by atoms with E-state index in [0.717, 1.165) is 23.5 Å². The lowest BCUT2D eigenvalue weighted by Gasteiger charge is -2.09. The highest BCUT2D eigenvalue weighted by Gasteiger charge is 2.12. The number of hydrogen-bond donors (Lipinski definition) is 1. The number of halogens is 2. The largest absolute Gasteiger partial charge is 0.452 e. The lowest BCUT2D eigenvalue weighted by molar-refractivity contribution is -0.119. The average molecular weight is 388 g/mol. The van der Waals surface area contributed by atoms with Crippen molar-refractivity contribution < 1.29 is 18.7 Å². The van der Waals surface area contributed by atoms with Crippen molar-refractivity contribution in [2.24, 2.45) is 0 Å². The summed E-state index contributed by atoms with van der Waals surface area (Å²) in [4.78, 5) is 24.0. The lowest BCUT2D eigenvalue weighted by Crippen LogP contribution is -2.21. The molecule has 0 radical (unpaired) electrons. The van der Waals surface area contributed by atoms with E-state index in [4.69, 9.17) is 16.3 Å². The van der Waals surface area contributed by atoms with Crippen LogP contribution in [0.15, 0.2) is 54.7 Å². The first kappa shape index (κ1) is 18.6. The molecule has 138 valence electrons. The predicted octanol–water partition coefficient (Wildman–Crippen LogP) is 3.77. The van der Waals surface area contributed by atoms with Crippen LogP contribution >= 0.6 is 11.6 Å². The molecule has 0 spiro atoms. The number of rotatable bonds is 5. The van der Waals surface area contributed by atoms with E-state index >= 15 is 0 Å². The van der Waals surface area contributed by atoms with Crippen LogP contribution in [0.3, 0.4) is 0 Å². The van der Waals surface area contributed by atoms with E-state index in [1.54, 1.807) is 35.1 Å². The second-order valence-corrected chi connectivity index (χ2v) is 6.09. The molecule has 0 saturated heterocycles. The maximum Gasteiger partial charge on any atom is 0.338 e. The number of anilines is 1. The monoisotopic (exact) mass is 387 g/mol. The highest BCUT2D eigenvalue weighted by molar-refractivity contribution is 6.33. The minimum atomic E-state index is -0.640. The fraction of sp³-hybridized carbons (Fsp3) is 0.105. The maximum atomic E-state index is 13.0. The zero-order valence-electron chi connectivity index (χ0n) is 14.3. The van der Waals surface area contributed by atoms with E-state index in [1.165, 1.54) is 6.07 Å². The van der Waals surface area contributed by atoms with Crippen molar-refractivity contribution in [1.82, 2.24) is 9.78 Å². The molecule has 1 heterocycles. The van der Waals surface area contributed by atoms with Crippen molar-refractivity contribution in [3.8, 4) is 5.69 Å². The molecule has 3 aromatic rings. The van der Waals surface area contributed by atoms with Gasteiger partial charge < -0.3 is 10.1 Å². The summed E-state index contributed by atoms with van der Waals surface area (Å²) in [6, 6.07) is 12.1. The molecule has 6 nitrogen and oxygen atoms in total. The molecule has 0 atom stereocenters. The Morgan fingerprint density at radius 2 is 1.93 bits per heavy atom. The number of esters is 1. The summed E-state index contributed by atoms with van der Waals surface area (Å²) in [6.45, 7) is 1.42. The number of amides is 1. The van der Waals surface area contributed by atoms with Gasteiger partial charge in [0.1, 0.15) is 5.82 Å². The van der Waals surface area contributed by atoms with Gasteiger partial charge in [0.25, 0.3) is 5.91 Å². The Bertz CT molecular complexity index is 986. The molecule has 1 N–H and O–H groups in total. The molecule has 1 amide bonds. The molecule has 3 rings (SSSR count). The summed E-state index contributed by atoms with van der Waals surface area (Å²) in [5.74, 6) is -1.74. The van der Waals surface area contributed by atoms with Crippen molar-refractivity contribution in [1.29, 1.82) is 0 Å². The molecule has 0 saturated carbocycles. The van der Waals surface area contributed by atoms with Crippen LogP contribution in [0.4, 0.5) is 10.1 Å². The number of nitrogens with one attached hydrogen (secondary N) is 1. The van der Waals surface area contributed by atoms with Gasteiger partial charge in [-0.15, -0.1) is 0 Å². The average Bonchev–Trinajstić information content (AvgIpc) is 3.08. The van der Waals surface area contributed by atoms with Gasteiger partial charge in [0.2, 0.25) is 0 Å². The van der Waals surface area contributed by atoms with Crippen LogP contribution in [0, 0.1) is 12.7 Å². The Morgan fingerprint density at radius 1 is 1.19 bits per heavy atom. The maximum absolute atomic E-state index is 13.0. The molecule has 27 heavy (non-hydrogen) atoms. The van der Waals surface area contributed by atoms with Gasteiger partial charge in [-0.1, -0.05) is 11.6 Å². The summed E-state index contributed by atoms with van der Waals surface area (Å²) in [5, 5.41) is 6.69. The third kappa shape index (κ3) is 4.51. The molecule has 0 aliphatic rings. The number of aromatic nitrogens is 2. The molecule has 0 bridgehead atoms. The molecular weight excluding hydrogens is 373 g/mol. The van der Waals surface area contributed by atoms with Crippen LogP contribution in [0.25, 0.3) is 5.69 Å². The normalized spacial score (nSPS) is 10.5. The van der Waals surface area contributed by atoms with Crippen LogP contribution in [-0.2, 0) is 9.53 Å². The van der Waals surface area contributed by atoms with Crippen molar-refractivity contribution in [2.45, 2.75) is 6.92 Å². The third-order valence-corrected chi connectivity index (χ3v) is 4.03. The zero-order chi connectivity index (χ0) is 19.4. The van der Waals surface area contributed by atoms with E-state index in [-0.39, 0.29) is 10.7 Å². The van der Waals surface area contributed by atoms with Gasteiger partial charge in [-0.05, 0) is 55.5 Å². The SMILES string of the molecule is Cc1ccnn1-c1ccc(C(=O)OCC(=O)Nc2ccc(F)cc2Cl)cc1. The van der Waals surface area contributed by atoms with Crippen LogP contribution < -0.4 is 5.32 Å². The van der Waals surface area contributed by atoms with Crippen LogP contribution in [-0.4, -0.2) is 28.3 Å². The van der Waals surface area contributed by atoms with Gasteiger partial charge >= 0.3 is 5.97 Å². The highest BCUT2D eigenvalue weighted by Crippen LogP contribution is 2.22. The lowest BCUT2D eigenvalue weighted by atomic mass is 10.2. The molecule has 0 aliphatic heterocycles. The molecule has 0 fully saturated rings. The Kier molecular flexibility index (Phi) is 5.52. The Morgan fingerprint density at radius 3 is 2.56 bits per heavy atom. The fourth-order valence-corrected chi connectivity index (χ4v) is 2.58. The first-order valence-electron chi connectivity index (χ1n) is 7.97. The third-order valence-electron chi connectivity index (χ3n) is 3.72. The molecule has 2 aromatic carbocycles. The molecule has 0 aliphatic carbocycles. The Balaban J connectivity index is 1.57. The standard InChI is InChI=1S/C19H15ClFN3O3/c1-12-8-9-22-24(12)15-5-2-13(3-6-15)19(26)27-11-18(25)23-17-7-4-14(21)10-16(17)20/h2-10H,11H2,1H3,(H,23,25). The number of benzene rings is 2. The smallest absolute Gasteiger partial charge is 0.338 e. The number of nitrogens with zero attached hydrogens (tertiary/aromatic N) is 2. The number of aryl methyl sites for hydroxylation is 1. The van der Waals surface area contributed by atoms with Gasteiger partial charge in [0, 0.05) is 11.9 Å². The predicted molar refractivity (Wildman–Crippen MR) is 98.6 cm³/mol. The quantitative estimate of drug-likeness (QED) is 0.676. The summed E-state index contributed by atoms with van der Waals surface area (Å²) in [5.41, 5.74) is 2.30. The van der Waals surface area contributed by atoms with Crippen LogP contribution in [0.1, 0.15) is 16.1 Å². The van der Waals surface area contributed by atoms with Crippen molar-refractivity contribution in [2.75, 3.05) is 11.9 Å². The van der Waals surface area contributed by atoms with Crippen LogP contribution in [0.2, 0.25) is 5.02 Å². The number of ether oxygens (including phenoxy) is 1. The van der Waals surface area contributed by atoms with Gasteiger partial charge in [0.15, 0.2) is 6.61 Å². The number of carbonyl (C=O) groups is 2. The fourth-order valence-electron chi connectivity index (χ4n) is 2.37. The summed E-state index contributed by atoms with van der Waals surface area (Å²) in [7, 11) is 0. The Labute approximate surface area is 159 Å². The second-order valence-electron chi connectivity index (χ2n) is 5.68. The van der Waals surface area contributed by atoms with Crippen LogP contribution in [0.5, 0.6) is 0 Å². The van der Waals surface area contributed by atoms with E-state index in [0.29, 0.717) is 5.56 Å². The van der Waals surface area contributed by atoms with Gasteiger partial charge in [0.05, 0.1) is 22.0 Å². The van der Waals surface area contributed by atoms with E-state index < -0.39 is 24.3 Å². The van der Waals surface area contributed by atoms with Crippen molar-refractivity contribution in [3.05, 3.63) is 76.8 Å². The summed E-state index contributed by atoms with van der Waals surface area (Å²) in [6.07, 6.45) is 1.68. The van der Waals surface area contributed by atoms with Gasteiger partial charge in [-0.2, -0.15) is 5.10 Å². The van der Waals surface area contributed by atoms with E-state index in [1.807, 2.05) is 13.0 Å². The number of hydrogen-bond acceptors (Lipinski definition) is 4. The molecule has 0 unspecified atom stereocenters. The van der Waals surface area contributed by atoms with E-state index in [2.05, 4.69) is 10.4 Å². The second kappa shape index (κ2) is 8.01. The molecule has 8 heteroatoms.